The van der Waals surface area contributed by atoms with E-state index in [-0.39, 0.29) is 0 Å². The Kier molecular flexibility index (Phi) is 4.05. The second-order valence-electron chi connectivity index (χ2n) is 4.67. The van der Waals surface area contributed by atoms with Gasteiger partial charge in [0.2, 0.25) is 0 Å². The Bertz CT molecular complexity index is 524. The molecule has 5 nitrogen and oxygen atoms in total. The predicted octanol–water partition coefficient (Wildman–Crippen LogP) is 1.09. The van der Waals surface area contributed by atoms with Gasteiger partial charge in [0.15, 0.2) is 4.21 Å². The van der Waals surface area contributed by atoms with E-state index >= 15 is 0 Å². The number of rotatable bonds is 2. The maximum atomic E-state index is 12.6. The highest BCUT2D eigenvalue weighted by atomic mass is 32.2. The predicted molar refractivity (Wildman–Crippen MR) is 72.5 cm³/mol. The summed E-state index contributed by atoms with van der Waals surface area (Å²) in [6, 6.07) is 0. The minimum Gasteiger partial charge on any atom is -0.305 e. The number of thiazole rings is 1. The normalized spacial score (nSPS) is 19.9. The minimum atomic E-state index is -3.36. The Labute approximate surface area is 112 Å². The Morgan fingerprint density at radius 3 is 2.50 bits per heavy atom. The quantitative estimate of drug-likeness (QED) is 0.818. The average Bonchev–Trinajstić information content (AvgIpc) is 2.49. The van der Waals surface area contributed by atoms with Crippen molar-refractivity contribution in [2.75, 3.05) is 33.2 Å². The van der Waals surface area contributed by atoms with Crippen LogP contribution in [0.25, 0.3) is 0 Å². The SMILES string of the molecule is Cc1nc(C)c(S(=O)(=O)N2CCCN(C)CC2)s1. The van der Waals surface area contributed by atoms with E-state index < -0.39 is 10.0 Å². The highest BCUT2D eigenvalue weighted by molar-refractivity contribution is 7.91. The van der Waals surface area contributed by atoms with Crippen molar-refractivity contribution < 1.29 is 8.42 Å². The number of hydrogen-bond acceptors (Lipinski definition) is 5. The van der Waals surface area contributed by atoms with Gasteiger partial charge in [-0.3, -0.25) is 0 Å². The Hall–Kier alpha value is -0.500. The number of nitrogens with zero attached hydrogens (tertiary/aromatic N) is 3. The molecule has 1 aromatic heterocycles. The summed E-state index contributed by atoms with van der Waals surface area (Å²) in [6.45, 7) is 6.51. The second kappa shape index (κ2) is 5.24. The molecule has 0 N–H and O–H groups in total. The van der Waals surface area contributed by atoms with Crippen LogP contribution < -0.4 is 0 Å². The fraction of sp³-hybridized carbons (Fsp3) is 0.727. The number of aryl methyl sites for hydroxylation is 2. The van der Waals surface area contributed by atoms with Crippen LogP contribution in [0.2, 0.25) is 0 Å². The largest absolute Gasteiger partial charge is 0.305 e. The summed E-state index contributed by atoms with van der Waals surface area (Å²) in [6.07, 6.45) is 0.882. The van der Waals surface area contributed by atoms with Crippen molar-refractivity contribution in [2.24, 2.45) is 0 Å². The van der Waals surface area contributed by atoms with Crippen molar-refractivity contribution in [3.63, 3.8) is 0 Å². The van der Waals surface area contributed by atoms with Gasteiger partial charge < -0.3 is 4.90 Å². The van der Waals surface area contributed by atoms with Gasteiger partial charge in [0, 0.05) is 19.6 Å². The Morgan fingerprint density at radius 2 is 1.89 bits per heavy atom. The molecule has 1 fully saturated rings. The van der Waals surface area contributed by atoms with Crippen LogP contribution in [0, 0.1) is 13.8 Å². The topological polar surface area (TPSA) is 53.5 Å². The maximum Gasteiger partial charge on any atom is 0.254 e. The summed E-state index contributed by atoms with van der Waals surface area (Å²) in [5.74, 6) is 0. The number of hydrogen-bond donors (Lipinski definition) is 0. The van der Waals surface area contributed by atoms with E-state index in [2.05, 4.69) is 9.88 Å². The Balaban J connectivity index is 2.28. The van der Waals surface area contributed by atoms with Crippen molar-refractivity contribution in [3.8, 4) is 0 Å². The number of aromatic nitrogens is 1. The van der Waals surface area contributed by atoms with Gasteiger partial charge in [0.1, 0.15) is 0 Å². The molecular formula is C11H19N3O2S2. The van der Waals surface area contributed by atoms with Gasteiger partial charge in [0.25, 0.3) is 10.0 Å². The van der Waals surface area contributed by atoms with Gasteiger partial charge in [-0.2, -0.15) is 4.31 Å². The molecule has 1 saturated heterocycles. The third kappa shape index (κ3) is 2.74. The van der Waals surface area contributed by atoms with Crippen molar-refractivity contribution in [3.05, 3.63) is 10.7 Å². The fourth-order valence-corrected chi connectivity index (χ4v) is 5.22. The average molecular weight is 289 g/mol. The molecule has 0 aliphatic carbocycles. The maximum absolute atomic E-state index is 12.6. The summed E-state index contributed by atoms with van der Waals surface area (Å²) in [7, 11) is -1.33. The first-order valence-electron chi connectivity index (χ1n) is 6.04. The van der Waals surface area contributed by atoms with E-state index in [9.17, 15) is 8.42 Å². The van der Waals surface area contributed by atoms with Crippen LogP contribution in [-0.4, -0.2) is 55.8 Å². The molecule has 0 atom stereocenters. The zero-order chi connectivity index (χ0) is 13.3. The third-order valence-corrected chi connectivity index (χ3v) is 6.67. The number of likely N-dealkylation sites (N-methyl/N-ethyl adjacent to an activating group) is 1. The molecule has 0 bridgehead atoms. The van der Waals surface area contributed by atoms with Crippen LogP contribution in [0.4, 0.5) is 0 Å². The van der Waals surface area contributed by atoms with Crippen molar-refractivity contribution >= 4 is 21.4 Å². The summed E-state index contributed by atoms with van der Waals surface area (Å²) < 4.78 is 27.1. The van der Waals surface area contributed by atoms with Crippen LogP contribution in [-0.2, 0) is 10.0 Å². The molecule has 102 valence electrons. The van der Waals surface area contributed by atoms with E-state index in [1.807, 2.05) is 14.0 Å². The molecule has 2 heterocycles. The van der Waals surface area contributed by atoms with Crippen LogP contribution in [0.15, 0.2) is 4.21 Å². The summed E-state index contributed by atoms with van der Waals surface area (Å²) in [5, 5.41) is 0.804. The lowest BCUT2D eigenvalue weighted by atomic mass is 10.4. The van der Waals surface area contributed by atoms with Gasteiger partial charge in [-0.05, 0) is 33.9 Å². The molecule has 1 aliphatic heterocycles. The molecule has 0 unspecified atom stereocenters. The van der Waals surface area contributed by atoms with Gasteiger partial charge in [-0.1, -0.05) is 0 Å². The molecule has 0 aromatic carbocycles. The highest BCUT2D eigenvalue weighted by Gasteiger charge is 2.29. The van der Waals surface area contributed by atoms with Gasteiger partial charge in [0.05, 0.1) is 10.7 Å². The van der Waals surface area contributed by atoms with Crippen molar-refractivity contribution in [2.45, 2.75) is 24.5 Å². The Morgan fingerprint density at radius 1 is 1.17 bits per heavy atom. The molecular weight excluding hydrogens is 270 g/mol. The van der Waals surface area contributed by atoms with Gasteiger partial charge >= 0.3 is 0 Å². The van der Waals surface area contributed by atoms with E-state index in [1.54, 1.807) is 11.2 Å². The van der Waals surface area contributed by atoms with E-state index in [0.29, 0.717) is 23.0 Å². The molecule has 1 aromatic rings. The molecule has 1 aliphatic rings. The minimum absolute atomic E-state index is 0.407. The van der Waals surface area contributed by atoms with Gasteiger partial charge in [-0.25, -0.2) is 13.4 Å². The molecule has 0 radical (unpaired) electrons. The lowest BCUT2D eigenvalue weighted by molar-refractivity contribution is 0.347. The first-order valence-corrected chi connectivity index (χ1v) is 8.29. The van der Waals surface area contributed by atoms with E-state index in [4.69, 9.17) is 0 Å². The summed E-state index contributed by atoms with van der Waals surface area (Å²) in [4.78, 5) is 6.38. The van der Waals surface area contributed by atoms with Crippen molar-refractivity contribution in [1.29, 1.82) is 0 Å². The zero-order valence-electron chi connectivity index (χ0n) is 11.0. The van der Waals surface area contributed by atoms with Crippen LogP contribution >= 0.6 is 11.3 Å². The molecule has 2 rings (SSSR count). The van der Waals surface area contributed by atoms with E-state index in [0.717, 1.165) is 24.5 Å². The fourth-order valence-electron chi connectivity index (χ4n) is 2.13. The lowest BCUT2D eigenvalue weighted by Crippen LogP contribution is -2.34. The monoisotopic (exact) mass is 289 g/mol. The van der Waals surface area contributed by atoms with Crippen molar-refractivity contribution in [1.82, 2.24) is 14.2 Å². The molecule has 7 heteroatoms. The molecule has 18 heavy (non-hydrogen) atoms. The van der Waals surface area contributed by atoms with Gasteiger partial charge in [-0.15, -0.1) is 11.3 Å². The first kappa shape index (κ1) is 13.9. The smallest absolute Gasteiger partial charge is 0.254 e. The second-order valence-corrected chi connectivity index (χ2v) is 8.00. The third-order valence-electron chi connectivity index (χ3n) is 3.11. The highest BCUT2D eigenvalue weighted by Crippen LogP contribution is 2.26. The standard InChI is InChI=1S/C11H19N3O2S2/c1-9-11(17-10(2)12-9)18(15,16)14-6-4-5-13(3)7-8-14/h4-8H2,1-3H3. The number of sulfonamides is 1. The summed E-state index contributed by atoms with van der Waals surface area (Å²) in [5.41, 5.74) is 0.620. The molecule has 0 saturated carbocycles. The van der Waals surface area contributed by atoms with Crippen LogP contribution in [0.1, 0.15) is 17.1 Å². The molecule has 0 spiro atoms. The van der Waals surface area contributed by atoms with Crippen LogP contribution in [0.5, 0.6) is 0 Å². The first-order chi connectivity index (χ1) is 8.41. The lowest BCUT2D eigenvalue weighted by Gasteiger charge is -2.19. The van der Waals surface area contributed by atoms with E-state index in [1.165, 1.54) is 11.3 Å². The summed E-state index contributed by atoms with van der Waals surface area (Å²) >= 11 is 1.27. The van der Waals surface area contributed by atoms with Crippen LogP contribution in [0.3, 0.4) is 0 Å². The molecule has 0 amide bonds. The zero-order valence-corrected chi connectivity index (χ0v) is 12.6.